The highest BCUT2D eigenvalue weighted by Gasteiger charge is 1.98. The summed E-state index contributed by atoms with van der Waals surface area (Å²) in [5, 5.41) is 0. The molecule has 0 aliphatic heterocycles. The molecule has 0 aromatic heterocycles. The molecule has 0 aliphatic carbocycles. The Labute approximate surface area is 114 Å². The van der Waals surface area contributed by atoms with E-state index in [2.05, 4.69) is 36.4 Å². The normalized spacial score (nSPS) is 9.67. The van der Waals surface area contributed by atoms with Crippen LogP contribution in [0.2, 0.25) is 0 Å². The van der Waals surface area contributed by atoms with Gasteiger partial charge in [0.15, 0.2) is 0 Å². The van der Waals surface area contributed by atoms with Crippen molar-refractivity contribution >= 4 is 12.4 Å². The molecule has 0 amide bonds. The van der Waals surface area contributed by atoms with Crippen LogP contribution in [-0.2, 0) is 13.0 Å². The summed E-state index contributed by atoms with van der Waals surface area (Å²) in [6, 6.07) is 16.6. The average Bonchev–Trinajstić information content (AvgIpc) is 2.40. The molecule has 2 aromatic carbocycles. The van der Waals surface area contributed by atoms with Crippen LogP contribution >= 0.6 is 12.4 Å². The van der Waals surface area contributed by atoms with E-state index in [1.807, 2.05) is 12.1 Å². The molecule has 0 fully saturated rings. The quantitative estimate of drug-likeness (QED) is 0.920. The van der Waals surface area contributed by atoms with Crippen LogP contribution in [0.4, 0.5) is 0 Å². The van der Waals surface area contributed by atoms with Crippen LogP contribution in [0, 0.1) is 0 Å². The molecular weight excluding hydrogens is 246 g/mol. The van der Waals surface area contributed by atoms with Crippen LogP contribution in [0.3, 0.4) is 0 Å². The summed E-state index contributed by atoms with van der Waals surface area (Å²) in [4.78, 5) is 0. The molecular formula is C15H18ClNO. The second-order valence-corrected chi connectivity index (χ2v) is 4.05. The summed E-state index contributed by atoms with van der Waals surface area (Å²) in [6.45, 7) is 0.594. The number of ether oxygens (including phenoxy) is 1. The van der Waals surface area contributed by atoms with Gasteiger partial charge >= 0.3 is 0 Å². The zero-order chi connectivity index (χ0) is 12.1. The highest BCUT2D eigenvalue weighted by Crippen LogP contribution is 2.15. The Balaban J connectivity index is 0.00000162. The molecule has 0 saturated heterocycles. The fourth-order valence-corrected chi connectivity index (χ4v) is 1.85. The van der Waals surface area contributed by atoms with Gasteiger partial charge in [0.1, 0.15) is 5.75 Å². The Bertz CT molecular complexity index is 482. The second-order valence-electron chi connectivity index (χ2n) is 4.05. The maximum Gasteiger partial charge on any atom is 0.118 e. The Morgan fingerprint density at radius 3 is 2.22 bits per heavy atom. The first-order valence-electron chi connectivity index (χ1n) is 5.72. The summed E-state index contributed by atoms with van der Waals surface area (Å²) >= 11 is 0. The Morgan fingerprint density at radius 1 is 0.944 bits per heavy atom. The molecule has 0 unspecified atom stereocenters. The molecule has 0 aliphatic rings. The molecule has 2 rings (SSSR count). The van der Waals surface area contributed by atoms with E-state index in [1.54, 1.807) is 7.11 Å². The minimum absolute atomic E-state index is 0. The van der Waals surface area contributed by atoms with Gasteiger partial charge in [-0.3, -0.25) is 0 Å². The van der Waals surface area contributed by atoms with Crippen LogP contribution < -0.4 is 10.5 Å². The molecule has 2 N–H and O–H groups in total. The van der Waals surface area contributed by atoms with Gasteiger partial charge in [-0.2, -0.15) is 0 Å². The first-order chi connectivity index (χ1) is 8.31. The lowest BCUT2D eigenvalue weighted by Crippen LogP contribution is -1.97. The largest absolute Gasteiger partial charge is 0.497 e. The third-order valence-electron chi connectivity index (χ3n) is 2.79. The van der Waals surface area contributed by atoms with E-state index >= 15 is 0 Å². The second kappa shape index (κ2) is 7.04. The molecule has 96 valence electrons. The Morgan fingerprint density at radius 2 is 1.61 bits per heavy atom. The third-order valence-corrected chi connectivity index (χ3v) is 2.79. The van der Waals surface area contributed by atoms with E-state index in [4.69, 9.17) is 10.5 Å². The standard InChI is InChI=1S/C15H17NO.ClH/c1-17-15-7-5-12(6-8-15)9-13-3-2-4-14(10-13)11-16;/h2-8,10H,9,11,16H2,1H3;1H. The first-order valence-corrected chi connectivity index (χ1v) is 5.72. The van der Waals surface area contributed by atoms with Gasteiger partial charge in [0.05, 0.1) is 7.11 Å². The maximum absolute atomic E-state index is 5.63. The highest BCUT2D eigenvalue weighted by atomic mass is 35.5. The molecule has 2 aromatic rings. The summed E-state index contributed by atoms with van der Waals surface area (Å²) in [6.07, 6.45) is 0.928. The molecule has 0 saturated carbocycles. The lowest BCUT2D eigenvalue weighted by Gasteiger charge is -2.05. The molecule has 18 heavy (non-hydrogen) atoms. The molecule has 0 heterocycles. The van der Waals surface area contributed by atoms with Crippen molar-refractivity contribution in [1.82, 2.24) is 0 Å². The van der Waals surface area contributed by atoms with Gasteiger partial charge in [-0.1, -0.05) is 36.4 Å². The summed E-state index contributed by atoms with van der Waals surface area (Å²) in [7, 11) is 1.68. The molecule has 0 spiro atoms. The van der Waals surface area contributed by atoms with E-state index in [0.717, 1.165) is 12.2 Å². The van der Waals surface area contributed by atoms with E-state index in [0.29, 0.717) is 6.54 Å². The molecule has 0 radical (unpaired) electrons. The SMILES string of the molecule is COc1ccc(Cc2cccc(CN)c2)cc1.Cl. The van der Waals surface area contributed by atoms with Crippen molar-refractivity contribution in [2.24, 2.45) is 5.73 Å². The van der Waals surface area contributed by atoms with E-state index in [1.165, 1.54) is 16.7 Å². The average molecular weight is 264 g/mol. The number of rotatable bonds is 4. The van der Waals surface area contributed by atoms with E-state index in [-0.39, 0.29) is 12.4 Å². The molecule has 0 bridgehead atoms. The number of hydrogen-bond acceptors (Lipinski definition) is 2. The van der Waals surface area contributed by atoms with Gasteiger partial charge in [0.2, 0.25) is 0 Å². The smallest absolute Gasteiger partial charge is 0.118 e. The lowest BCUT2D eigenvalue weighted by atomic mass is 10.0. The van der Waals surface area contributed by atoms with Gasteiger partial charge in [0.25, 0.3) is 0 Å². The van der Waals surface area contributed by atoms with Crippen molar-refractivity contribution in [3.63, 3.8) is 0 Å². The highest BCUT2D eigenvalue weighted by molar-refractivity contribution is 5.85. The van der Waals surface area contributed by atoms with Crippen LogP contribution in [0.25, 0.3) is 0 Å². The van der Waals surface area contributed by atoms with Crippen molar-refractivity contribution < 1.29 is 4.74 Å². The zero-order valence-corrected chi connectivity index (χ0v) is 11.2. The number of methoxy groups -OCH3 is 1. The monoisotopic (exact) mass is 263 g/mol. The Kier molecular flexibility index (Phi) is 5.69. The van der Waals surface area contributed by atoms with Crippen molar-refractivity contribution in [2.45, 2.75) is 13.0 Å². The van der Waals surface area contributed by atoms with Gasteiger partial charge < -0.3 is 10.5 Å². The predicted molar refractivity (Wildman–Crippen MR) is 77.4 cm³/mol. The van der Waals surface area contributed by atoms with Gasteiger partial charge in [0, 0.05) is 6.54 Å². The van der Waals surface area contributed by atoms with Gasteiger partial charge in [-0.05, 0) is 35.2 Å². The number of hydrogen-bond donors (Lipinski definition) is 1. The van der Waals surface area contributed by atoms with E-state index < -0.39 is 0 Å². The fourth-order valence-electron chi connectivity index (χ4n) is 1.85. The van der Waals surface area contributed by atoms with Gasteiger partial charge in [-0.25, -0.2) is 0 Å². The lowest BCUT2D eigenvalue weighted by molar-refractivity contribution is 0.414. The molecule has 2 nitrogen and oxygen atoms in total. The number of halogens is 1. The predicted octanol–water partition coefficient (Wildman–Crippen LogP) is 3.17. The van der Waals surface area contributed by atoms with Crippen molar-refractivity contribution in [2.75, 3.05) is 7.11 Å². The molecule has 3 heteroatoms. The van der Waals surface area contributed by atoms with Crippen LogP contribution in [0.15, 0.2) is 48.5 Å². The van der Waals surface area contributed by atoms with Crippen molar-refractivity contribution in [3.8, 4) is 5.75 Å². The third kappa shape index (κ3) is 3.76. The fraction of sp³-hybridized carbons (Fsp3) is 0.200. The minimum Gasteiger partial charge on any atom is -0.497 e. The minimum atomic E-state index is 0. The van der Waals surface area contributed by atoms with Crippen LogP contribution in [0.5, 0.6) is 5.75 Å². The number of benzene rings is 2. The van der Waals surface area contributed by atoms with Crippen LogP contribution in [0.1, 0.15) is 16.7 Å². The molecule has 0 atom stereocenters. The van der Waals surface area contributed by atoms with Gasteiger partial charge in [-0.15, -0.1) is 12.4 Å². The van der Waals surface area contributed by atoms with Crippen molar-refractivity contribution in [1.29, 1.82) is 0 Å². The van der Waals surface area contributed by atoms with Crippen molar-refractivity contribution in [3.05, 3.63) is 65.2 Å². The maximum atomic E-state index is 5.63. The van der Waals surface area contributed by atoms with E-state index in [9.17, 15) is 0 Å². The number of nitrogens with two attached hydrogens (primary N) is 1. The summed E-state index contributed by atoms with van der Waals surface area (Å²) in [5.74, 6) is 0.893. The van der Waals surface area contributed by atoms with Crippen LogP contribution in [-0.4, -0.2) is 7.11 Å². The topological polar surface area (TPSA) is 35.2 Å². The Hall–Kier alpha value is -1.51. The summed E-state index contributed by atoms with van der Waals surface area (Å²) in [5.41, 5.74) is 9.38. The summed E-state index contributed by atoms with van der Waals surface area (Å²) < 4.78 is 5.14. The zero-order valence-electron chi connectivity index (χ0n) is 10.4. The first kappa shape index (κ1) is 14.6.